The molecule has 3 unspecified atom stereocenters. The zero-order valence-electron chi connectivity index (χ0n) is 26.4. The van der Waals surface area contributed by atoms with Crippen LogP contribution in [0.5, 0.6) is 5.75 Å². The summed E-state index contributed by atoms with van der Waals surface area (Å²) in [7, 11) is 1.82. The number of benzene rings is 2. The molecule has 1 fully saturated rings. The number of imidazole rings is 1. The van der Waals surface area contributed by atoms with Crippen LogP contribution >= 0.6 is 0 Å². The summed E-state index contributed by atoms with van der Waals surface area (Å²) in [4.78, 5) is 31.1. The molecule has 1 aliphatic carbocycles. The molecular formula is C36H46N4O3. The third-order valence-corrected chi connectivity index (χ3v) is 9.34. The van der Waals surface area contributed by atoms with E-state index in [1.54, 1.807) is 22.8 Å². The van der Waals surface area contributed by atoms with E-state index in [4.69, 9.17) is 4.98 Å². The number of nitrogens with one attached hydrogen (secondary N) is 1. The fraction of sp³-hybridized carbons (Fsp3) is 0.472. The molecule has 0 saturated heterocycles. The molecule has 5 rings (SSSR count). The van der Waals surface area contributed by atoms with E-state index >= 15 is 0 Å². The first kappa shape index (κ1) is 30.6. The van der Waals surface area contributed by atoms with Crippen molar-refractivity contribution in [2.24, 2.45) is 23.8 Å². The molecule has 0 radical (unpaired) electrons. The van der Waals surface area contributed by atoms with Gasteiger partial charge < -0.3 is 10.4 Å². The number of pyridine rings is 1. The number of phenols is 1. The van der Waals surface area contributed by atoms with Crippen LogP contribution in [0.15, 0.2) is 71.5 Å². The number of carbonyl (C=O) groups excluding carboxylic acids is 1. The number of carbonyl (C=O) groups is 1. The summed E-state index contributed by atoms with van der Waals surface area (Å²) in [6, 6.07) is 21.5. The summed E-state index contributed by atoms with van der Waals surface area (Å²) in [5.41, 5.74) is 4.33. The van der Waals surface area contributed by atoms with Crippen molar-refractivity contribution >= 4 is 17.1 Å². The van der Waals surface area contributed by atoms with E-state index in [2.05, 4.69) is 76.3 Å². The lowest BCUT2D eigenvalue weighted by molar-refractivity contribution is 0.0889. The second-order valence-electron chi connectivity index (χ2n) is 14.2. The molecule has 228 valence electrons. The van der Waals surface area contributed by atoms with Gasteiger partial charge in [-0.3, -0.25) is 13.9 Å². The number of hydrogen-bond donors (Lipinski definition) is 2. The van der Waals surface area contributed by atoms with E-state index < -0.39 is 0 Å². The van der Waals surface area contributed by atoms with E-state index in [1.165, 1.54) is 11.6 Å². The average Bonchev–Trinajstić information content (AvgIpc) is 3.19. The quantitative estimate of drug-likeness (QED) is 0.234. The Morgan fingerprint density at radius 2 is 1.77 bits per heavy atom. The summed E-state index contributed by atoms with van der Waals surface area (Å²) >= 11 is 0. The van der Waals surface area contributed by atoms with Crippen molar-refractivity contribution in [2.45, 2.75) is 78.7 Å². The number of hydrogen-bond acceptors (Lipinski definition) is 4. The maximum Gasteiger partial charge on any atom is 0.330 e. The van der Waals surface area contributed by atoms with Gasteiger partial charge in [-0.1, -0.05) is 77.1 Å². The van der Waals surface area contributed by atoms with Crippen LogP contribution in [0.2, 0.25) is 0 Å². The molecule has 0 aliphatic heterocycles. The van der Waals surface area contributed by atoms with Crippen LogP contribution in [0.3, 0.4) is 0 Å². The van der Waals surface area contributed by atoms with Gasteiger partial charge in [0.25, 0.3) is 5.91 Å². The van der Waals surface area contributed by atoms with Gasteiger partial charge in [0, 0.05) is 31.7 Å². The average molecular weight is 583 g/mol. The highest BCUT2D eigenvalue weighted by molar-refractivity contribution is 5.96. The van der Waals surface area contributed by atoms with E-state index in [0.717, 1.165) is 42.5 Å². The van der Waals surface area contributed by atoms with Crippen LogP contribution < -0.4 is 11.0 Å². The predicted molar refractivity (Wildman–Crippen MR) is 173 cm³/mol. The van der Waals surface area contributed by atoms with Crippen molar-refractivity contribution in [1.29, 1.82) is 0 Å². The summed E-state index contributed by atoms with van der Waals surface area (Å²) in [5.74, 6) is 0.622. The molecule has 2 aromatic carbocycles. The van der Waals surface area contributed by atoms with E-state index in [0.29, 0.717) is 24.6 Å². The van der Waals surface area contributed by atoms with Gasteiger partial charge in [0.05, 0.1) is 11.1 Å². The highest BCUT2D eigenvalue weighted by atomic mass is 16.3. The van der Waals surface area contributed by atoms with E-state index in [9.17, 15) is 14.7 Å². The molecule has 1 aliphatic rings. The first-order chi connectivity index (χ1) is 20.4. The number of phenolic OH excluding ortho intramolecular Hbond substituents is 1. The number of rotatable bonds is 8. The lowest BCUT2D eigenvalue weighted by Crippen LogP contribution is -2.37. The molecule has 1 saturated carbocycles. The van der Waals surface area contributed by atoms with Gasteiger partial charge in [-0.2, -0.15) is 0 Å². The highest BCUT2D eigenvalue weighted by Crippen LogP contribution is 2.52. The van der Waals surface area contributed by atoms with Gasteiger partial charge in [-0.05, 0) is 78.2 Å². The Morgan fingerprint density at radius 1 is 1.07 bits per heavy atom. The Kier molecular flexibility index (Phi) is 8.55. The smallest absolute Gasteiger partial charge is 0.330 e. The van der Waals surface area contributed by atoms with Gasteiger partial charge in [0.1, 0.15) is 5.75 Å². The van der Waals surface area contributed by atoms with Crippen molar-refractivity contribution in [3.63, 3.8) is 0 Å². The lowest BCUT2D eigenvalue weighted by atomic mass is 9.59. The van der Waals surface area contributed by atoms with Crippen LogP contribution in [0.4, 0.5) is 0 Å². The maximum atomic E-state index is 13.1. The third kappa shape index (κ3) is 6.56. The monoisotopic (exact) mass is 582 g/mol. The fourth-order valence-corrected chi connectivity index (χ4v) is 7.00. The fourth-order valence-electron chi connectivity index (χ4n) is 7.00. The van der Waals surface area contributed by atoms with E-state index in [1.807, 2.05) is 17.7 Å². The molecule has 4 aromatic rings. The maximum absolute atomic E-state index is 13.1. The Balaban J connectivity index is 1.41. The van der Waals surface area contributed by atoms with E-state index in [-0.39, 0.29) is 40.0 Å². The minimum atomic E-state index is -0.257. The van der Waals surface area contributed by atoms with Crippen LogP contribution in [0, 0.1) is 16.7 Å². The molecule has 0 spiro atoms. The molecule has 3 atom stereocenters. The number of para-hydroxylation sites is 1. The Hall–Kier alpha value is -3.87. The van der Waals surface area contributed by atoms with Gasteiger partial charge in [0.2, 0.25) is 0 Å². The van der Waals surface area contributed by atoms with Crippen molar-refractivity contribution in [3.05, 3.63) is 94.0 Å². The molecule has 7 nitrogen and oxygen atoms in total. The minimum Gasteiger partial charge on any atom is -0.507 e. The number of fused-ring (bicyclic) bond motifs is 1. The topological polar surface area (TPSA) is 89.2 Å². The van der Waals surface area contributed by atoms with Crippen LogP contribution in [-0.4, -0.2) is 31.7 Å². The standard InChI is InChI=1S/C36H46N4O3/c1-35(2,3)23-40-30-17-16-29(38-32(30)39(6)34(40)43)25-18-20-36(4,5)28(22-25)26(24-12-8-7-9-13-24)19-21-37-33(42)27-14-10-11-15-31(27)41/h7-17,25-26,28,41H,18-23H2,1-6H3,(H,37,42). The summed E-state index contributed by atoms with van der Waals surface area (Å²) < 4.78 is 3.54. The summed E-state index contributed by atoms with van der Waals surface area (Å²) in [6.07, 6.45) is 3.89. The third-order valence-electron chi connectivity index (χ3n) is 9.34. The number of aryl methyl sites for hydroxylation is 1. The second-order valence-corrected chi connectivity index (χ2v) is 14.2. The number of amides is 1. The molecule has 7 heteroatoms. The normalized spacial score (nSPS) is 19.3. The van der Waals surface area contributed by atoms with Crippen molar-refractivity contribution < 1.29 is 9.90 Å². The molecule has 1 amide bonds. The number of nitrogens with zero attached hydrogens (tertiary/aromatic N) is 3. The van der Waals surface area contributed by atoms with Gasteiger partial charge in [-0.25, -0.2) is 9.78 Å². The molecular weight excluding hydrogens is 536 g/mol. The van der Waals surface area contributed by atoms with Crippen LogP contribution in [-0.2, 0) is 13.6 Å². The van der Waals surface area contributed by atoms with Gasteiger partial charge >= 0.3 is 5.69 Å². The minimum absolute atomic E-state index is 0.00779. The molecule has 2 heterocycles. The summed E-state index contributed by atoms with van der Waals surface area (Å²) in [6.45, 7) is 12.3. The molecule has 2 aromatic heterocycles. The van der Waals surface area contributed by atoms with Crippen molar-refractivity contribution in [2.75, 3.05) is 6.54 Å². The molecule has 0 bridgehead atoms. The highest BCUT2D eigenvalue weighted by Gasteiger charge is 2.42. The zero-order chi connectivity index (χ0) is 30.9. The first-order valence-corrected chi connectivity index (χ1v) is 15.5. The van der Waals surface area contributed by atoms with Gasteiger partial charge in [-0.15, -0.1) is 0 Å². The second kappa shape index (κ2) is 12.0. The van der Waals surface area contributed by atoms with Crippen LogP contribution in [0.25, 0.3) is 11.2 Å². The number of aromatic hydroxyl groups is 1. The molecule has 2 N–H and O–H groups in total. The largest absolute Gasteiger partial charge is 0.507 e. The van der Waals surface area contributed by atoms with Crippen molar-refractivity contribution in [3.8, 4) is 5.75 Å². The van der Waals surface area contributed by atoms with Crippen molar-refractivity contribution in [1.82, 2.24) is 19.4 Å². The lowest BCUT2D eigenvalue weighted by Gasteiger charge is -2.46. The zero-order valence-corrected chi connectivity index (χ0v) is 26.4. The molecule has 43 heavy (non-hydrogen) atoms. The first-order valence-electron chi connectivity index (χ1n) is 15.5. The van der Waals surface area contributed by atoms with Crippen LogP contribution in [0.1, 0.15) is 93.8 Å². The number of aromatic nitrogens is 3. The summed E-state index contributed by atoms with van der Waals surface area (Å²) in [5, 5.41) is 13.2. The SMILES string of the molecule is Cn1c(=O)n(CC(C)(C)C)c2ccc(C3CCC(C)(C)C(C(CCNC(=O)c4ccccc4O)c4ccccc4)C3)nc21. The Bertz CT molecular complexity index is 1640. The predicted octanol–water partition coefficient (Wildman–Crippen LogP) is 7.00. The van der Waals surface area contributed by atoms with Gasteiger partial charge in [0.15, 0.2) is 5.65 Å². The Labute approximate surface area is 255 Å². The Morgan fingerprint density at radius 3 is 2.47 bits per heavy atom.